The molecule has 0 aliphatic carbocycles. The zero-order valence-corrected chi connectivity index (χ0v) is 14.1. The van der Waals surface area contributed by atoms with Crippen molar-refractivity contribution in [2.24, 2.45) is 0 Å². The fourth-order valence-electron chi connectivity index (χ4n) is 2.15. The second-order valence-corrected chi connectivity index (χ2v) is 5.08. The van der Waals surface area contributed by atoms with Crippen molar-refractivity contribution in [1.82, 2.24) is 0 Å². The second-order valence-electron chi connectivity index (χ2n) is 5.08. The number of benzene rings is 1. The molecule has 8 heteroatoms. The molecule has 0 radical (unpaired) electrons. The fraction of sp³-hybridized carbons (Fsp3) is 0.588. The molecule has 0 saturated carbocycles. The summed E-state index contributed by atoms with van der Waals surface area (Å²) in [5.74, 6) is -0.616. The summed E-state index contributed by atoms with van der Waals surface area (Å²) >= 11 is 0. The maximum atomic E-state index is 11.5. The summed E-state index contributed by atoms with van der Waals surface area (Å²) < 4.78 is 32.5. The second kappa shape index (κ2) is 11.6. The smallest absolute Gasteiger partial charge is 0.343 e. The van der Waals surface area contributed by atoms with E-state index in [0.29, 0.717) is 52.9 Å². The maximum Gasteiger partial charge on any atom is 0.343 e. The van der Waals surface area contributed by atoms with Crippen LogP contribution < -0.4 is 9.47 Å². The van der Waals surface area contributed by atoms with Gasteiger partial charge in [-0.3, -0.25) is 0 Å². The van der Waals surface area contributed by atoms with Crippen LogP contribution in [0.25, 0.3) is 0 Å². The summed E-state index contributed by atoms with van der Waals surface area (Å²) in [4.78, 5) is 11.5. The lowest BCUT2D eigenvalue weighted by Gasteiger charge is -2.14. The zero-order chi connectivity index (χ0) is 17.7. The molecule has 1 N–H and O–H groups in total. The van der Waals surface area contributed by atoms with Gasteiger partial charge in [0.15, 0.2) is 0 Å². The van der Waals surface area contributed by atoms with Gasteiger partial charge in [0.1, 0.15) is 30.3 Å². The van der Waals surface area contributed by atoms with Crippen LogP contribution in [0.1, 0.15) is 10.4 Å². The van der Waals surface area contributed by atoms with Gasteiger partial charge in [-0.1, -0.05) is 6.07 Å². The van der Waals surface area contributed by atoms with Crippen molar-refractivity contribution in [1.29, 1.82) is 0 Å². The molecular weight excluding hydrogens is 332 g/mol. The Kier molecular flexibility index (Phi) is 9.06. The summed E-state index contributed by atoms with van der Waals surface area (Å²) in [5.41, 5.74) is -0.00733. The number of fused-ring (bicyclic) bond motifs is 2. The largest absolute Gasteiger partial charge is 0.490 e. The first-order valence-corrected chi connectivity index (χ1v) is 8.22. The Morgan fingerprint density at radius 3 is 1.40 bits per heavy atom. The predicted octanol–water partition coefficient (Wildman–Crippen LogP) is 1.22. The van der Waals surface area contributed by atoms with E-state index in [4.69, 9.17) is 28.4 Å². The molecule has 2 bridgehead atoms. The van der Waals surface area contributed by atoms with Crippen LogP contribution in [-0.2, 0) is 18.9 Å². The molecule has 25 heavy (non-hydrogen) atoms. The molecule has 0 aromatic heterocycles. The standard InChI is InChI=1S/C17H24O8/c18-17(19)16-14-2-1-3-15(16)25-13-11-23-9-7-21-5-4-20-6-8-22-10-12-24-14/h1-3H,4-13H2,(H,18,19). The summed E-state index contributed by atoms with van der Waals surface area (Å²) in [7, 11) is 0. The molecule has 0 unspecified atom stereocenters. The van der Waals surface area contributed by atoms with E-state index in [1.165, 1.54) is 0 Å². The third-order valence-corrected chi connectivity index (χ3v) is 3.29. The van der Waals surface area contributed by atoms with Crippen LogP contribution in [0.3, 0.4) is 0 Å². The molecule has 2 rings (SSSR count). The molecule has 1 heterocycles. The number of hydrogen-bond acceptors (Lipinski definition) is 7. The first-order chi connectivity index (χ1) is 12.3. The third-order valence-electron chi connectivity index (χ3n) is 3.29. The topological polar surface area (TPSA) is 92.7 Å². The van der Waals surface area contributed by atoms with Gasteiger partial charge < -0.3 is 33.5 Å². The molecule has 0 saturated heterocycles. The van der Waals surface area contributed by atoms with Crippen LogP contribution in [0.5, 0.6) is 11.5 Å². The minimum atomic E-state index is -1.11. The van der Waals surface area contributed by atoms with Crippen LogP contribution in [0.4, 0.5) is 0 Å². The highest BCUT2D eigenvalue weighted by molar-refractivity contribution is 5.94. The summed E-state index contributed by atoms with van der Waals surface area (Å²) in [6.45, 7) is 3.91. The number of carboxylic acids is 1. The van der Waals surface area contributed by atoms with Crippen LogP contribution >= 0.6 is 0 Å². The normalized spacial score (nSPS) is 18.7. The van der Waals surface area contributed by atoms with E-state index >= 15 is 0 Å². The molecule has 8 nitrogen and oxygen atoms in total. The number of hydrogen-bond donors (Lipinski definition) is 1. The number of carboxylic acid groups (broad SMARTS) is 1. The van der Waals surface area contributed by atoms with Crippen LogP contribution in [0.15, 0.2) is 18.2 Å². The molecule has 140 valence electrons. The van der Waals surface area contributed by atoms with Crippen LogP contribution in [0, 0.1) is 0 Å². The Labute approximate surface area is 146 Å². The van der Waals surface area contributed by atoms with Crippen LogP contribution in [-0.4, -0.2) is 77.1 Å². The highest BCUT2D eigenvalue weighted by atomic mass is 16.6. The Morgan fingerprint density at radius 1 is 0.680 bits per heavy atom. The minimum Gasteiger partial charge on any atom is -0.490 e. The molecule has 0 atom stereocenters. The lowest BCUT2D eigenvalue weighted by Crippen LogP contribution is -2.14. The molecule has 0 amide bonds. The van der Waals surface area contributed by atoms with Crippen molar-refractivity contribution in [3.05, 3.63) is 23.8 Å². The number of aromatic carboxylic acids is 1. The van der Waals surface area contributed by atoms with Gasteiger partial charge in [0.25, 0.3) is 0 Å². The van der Waals surface area contributed by atoms with E-state index in [2.05, 4.69) is 0 Å². The summed E-state index contributed by atoms with van der Waals surface area (Å²) in [6.07, 6.45) is 0. The van der Waals surface area contributed by atoms with Gasteiger partial charge in [0.05, 0.1) is 52.9 Å². The first kappa shape index (κ1) is 19.5. The van der Waals surface area contributed by atoms with Gasteiger partial charge in [0, 0.05) is 0 Å². The maximum absolute atomic E-state index is 11.5. The quantitative estimate of drug-likeness (QED) is 0.803. The summed E-state index contributed by atoms with van der Waals surface area (Å²) in [6, 6.07) is 4.87. The highest BCUT2D eigenvalue weighted by Gasteiger charge is 2.18. The number of ether oxygens (including phenoxy) is 6. The van der Waals surface area contributed by atoms with Gasteiger partial charge in [-0.25, -0.2) is 4.79 Å². The SMILES string of the molecule is O=C(O)c1c2cccc1OCCOCCOCCOCCOCCO2. The Hall–Kier alpha value is -1.87. The number of rotatable bonds is 1. The average Bonchev–Trinajstić information content (AvgIpc) is 2.60. The third kappa shape index (κ3) is 7.27. The van der Waals surface area contributed by atoms with Gasteiger partial charge in [-0.2, -0.15) is 0 Å². The molecule has 1 aliphatic heterocycles. The molecule has 1 aromatic rings. The van der Waals surface area contributed by atoms with E-state index in [-0.39, 0.29) is 30.3 Å². The monoisotopic (exact) mass is 356 g/mol. The highest BCUT2D eigenvalue weighted by Crippen LogP contribution is 2.28. The van der Waals surface area contributed by atoms with Gasteiger partial charge in [-0.15, -0.1) is 0 Å². The molecule has 0 fully saturated rings. The van der Waals surface area contributed by atoms with E-state index in [9.17, 15) is 9.90 Å². The van der Waals surface area contributed by atoms with Crippen molar-refractivity contribution < 1.29 is 38.3 Å². The van der Waals surface area contributed by atoms with Gasteiger partial charge >= 0.3 is 5.97 Å². The van der Waals surface area contributed by atoms with E-state index in [1.54, 1.807) is 18.2 Å². The van der Waals surface area contributed by atoms with Gasteiger partial charge in [-0.05, 0) is 12.1 Å². The molecule has 1 aliphatic rings. The summed E-state index contributed by atoms with van der Waals surface area (Å²) in [5, 5.41) is 9.44. The van der Waals surface area contributed by atoms with Crippen molar-refractivity contribution in [3.8, 4) is 11.5 Å². The zero-order valence-electron chi connectivity index (χ0n) is 14.1. The number of carbonyl (C=O) groups is 1. The van der Waals surface area contributed by atoms with Crippen molar-refractivity contribution in [2.45, 2.75) is 0 Å². The van der Waals surface area contributed by atoms with Gasteiger partial charge in [0.2, 0.25) is 0 Å². The molecule has 0 spiro atoms. The predicted molar refractivity (Wildman–Crippen MR) is 87.7 cm³/mol. The Morgan fingerprint density at radius 2 is 1.04 bits per heavy atom. The minimum absolute atomic E-state index is 0.00733. The van der Waals surface area contributed by atoms with Crippen LogP contribution in [0.2, 0.25) is 0 Å². The average molecular weight is 356 g/mol. The van der Waals surface area contributed by atoms with E-state index < -0.39 is 5.97 Å². The van der Waals surface area contributed by atoms with Crippen molar-refractivity contribution >= 4 is 5.97 Å². The Balaban J connectivity index is 1.96. The van der Waals surface area contributed by atoms with E-state index in [0.717, 1.165) is 0 Å². The molecule has 1 aromatic carbocycles. The van der Waals surface area contributed by atoms with Crippen molar-refractivity contribution in [2.75, 3.05) is 66.1 Å². The Bertz CT molecular complexity index is 483. The van der Waals surface area contributed by atoms with E-state index in [1.807, 2.05) is 0 Å². The first-order valence-electron chi connectivity index (χ1n) is 8.22. The lowest BCUT2D eigenvalue weighted by atomic mass is 10.2. The lowest BCUT2D eigenvalue weighted by molar-refractivity contribution is -0.00664. The van der Waals surface area contributed by atoms with Crippen molar-refractivity contribution in [3.63, 3.8) is 0 Å². The molecular formula is C17H24O8. The fourth-order valence-corrected chi connectivity index (χ4v) is 2.15.